The molecule has 3 heterocycles. The lowest BCUT2D eigenvalue weighted by molar-refractivity contribution is 0.0930. The largest absolute Gasteiger partial charge is 0.348 e. The van der Waals surface area contributed by atoms with Crippen molar-refractivity contribution in [1.29, 1.82) is 0 Å². The minimum atomic E-state index is -0.00496. The molecule has 4 rings (SSSR count). The van der Waals surface area contributed by atoms with Gasteiger partial charge in [0, 0.05) is 35.5 Å². The number of benzene rings is 1. The Hall–Kier alpha value is -2.05. The first-order valence-electron chi connectivity index (χ1n) is 8.63. The average molecular weight is 355 g/mol. The van der Waals surface area contributed by atoms with Crippen LogP contribution >= 0.6 is 11.8 Å². The molecule has 2 bridgehead atoms. The highest BCUT2D eigenvalue weighted by atomic mass is 32.2. The third-order valence-corrected chi connectivity index (χ3v) is 5.97. The van der Waals surface area contributed by atoms with E-state index in [4.69, 9.17) is 0 Å². The number of ketones is 1. The molecular weight excluding hydrogens is 334 g/mol. The standard InChI is InChI=1S/C19H21N3O2S/c1-11(23)15-8-9-18(21-15)25-14-5-2-12(3-6-14)19(24)22-17-10-13-4-7-16(17)20-13/h2-3,5-6,8-9,13,16-17,20-21H,4,7,10H2,1H3,(H,22,24)/t13-,16+,17-/m1/s1. The van der Waals surface area contributed by atoms with Gasteiger partial charge < -0.3 is 15.6 Å². The molecule has 0 radical (unpaired) electrons. The second kappa shape index (κ2) is 6.69. The number of aromatic amines is 1. The zero-order valence-corrected chi connectivity index (χ0v) is 14.9. The normalized spacial score (nSPS) is 24.4. The first kappa shape index (κ1) is 16.4. The van der Waals surface area contributed by atoms with E-state index in [1.807, 2.05) is 30.3 Å². The number of hydrogen-bond acceptors (Lipinski definition) is 4. The molecule has 1 amide bonds. The van der Waals surface area contributed by atoms with E-state index in [0.29, 0.717) is 23.3 Å². The molecule has 2 saturated heterocycles. The van der Waals surface area contributed by atoms with E-state index in [1.165, 1.54) is 18.2 Å². The summed E-state index contributed by atoms with van der Waals surface area (Å²) in [5.74, 6) is 0.0172. The van der Waals surface area contributed by atoms with Crippen molar-refractivity contribution in [3.63, 3.8) is 0 Å². The summed E-state index contributed by atoms with van der Waals surface area (Å²) in [7, 11) is 0. The summed E-state index contributed by atoms with van der Waals surface area (Å²) in [4.78, 5) is 27.9. The van der Waals surface area contributed by atoms with E-state index < -0.39 is 0 Å². The predicted octanol–water partition coefficient (Wildman–Crippen LogP) is 2.99. The van der Waals surface area contributed by atoms with Gasteiger partial charge in [-0.25, -0.2) is 0 Å². The molecule has 3 N–H and O–H groups in total. The Balaban J connectivity index is 1.37. The van der Waals surface area contributed by atoms with Gasteiger partial charge in [-0.3, -0.25) is 9.59 Å². The number of carbonyl (C=O) groups is 2. The smallest absolute Gasteiger partial charge is 0.251 e. The molecule has 0 spiro atoms. The zero-order valence-electron chi connectivity index (χ0n) is 14.0. The lowest BCUT2D eigenvalue weighted by Gasteiger charge is -2.21. The van der Waals surface area contributed by atoms with Crippen molar-refractivity contribution in [3.8, 4) is 0 Å². The lowest BCUT2D eigenvalue weighted by atomic mass is 9.95. The molecule has 1 aromatic carbocycles. The maximum absolute atomic E-state index is 12.4. The van der Waals surface area contributed by atoms with Crippen LogP contribution in [0.1, 0.15) is 47.0 Å². The fourth-order valence-corrected chi connectivity index (χ4v) is 4.50. The van der Waals surface area contributed by atoms with Crippen molar-refractivity contribution < 1.29 is 9.59 Å². The quantitative estimate of drug-likeness (QED) is 0.721. The SMILES string of the molecule is CC(=O)c1ccc(Sc2ccc(C(=O)N[C@@H]3C[C@H]4CC[C@@H]3N4)cc2)[nH]1. The Labute approximate surface area is 151 Å². The first-order valence-corrected chi connectivity index (χ1v) is 9.45. The summed E-state index contributed by atoms with van der Waals surface area (Å²) in [5.41, 5.74) is 1.29. The summed E-state index contributed by atoms with van der Waals surface area (Å²) in [6, 6.07) is 12.5. The molecule has 1 aromatic heterocycles. The van der Waals surface area contributed by atoms with Crippen LogP contribution in [0.4, 0.5) is 0 Å². The van der Waals surface area contributed by atoms with Gasteiger partial charge in [-0.2, -0.15) is 0 Å². The first-order chi connectivity index (χ1) is 12.1. The number of carbonyl (C=O) groups excluding carboxylic acids is 2. The maximum atomic E-state index is 12.4. The highest BCUT2D eigenvalue weighted by Crippen LogP contribution is 2.29. The van der Waals surface area contributed by atoms with Gasteiger partial charge in [-0.1, -0.05) is 11.8 Å². The number of aromatic nitrogens is 1. The third-order valence-electron chi connectivity index (χ3n) is 5.00. The van der Waals surface area contributed by atoms with Gasteiger partial charge in [0.25, 0.3) is 5.91 Å². The average Bonchev–Trinajstić information content (AvgIpc) is 3.32. The highest BCUT2D eigenvalue weighted by Gasteiger charge is 2.39. The van der Waals surface area contributed by atoms with Crippen LogP contribution in [-0.2, 0) is 0 Å². The lowest BCUT2D eigenvalue weighted by Crippen LogP contribution is -2.42. The summed E-state index contributed by atoms with van der Waals surface area (Å²) < 4.78 is 0. The van der Waals surface area contributed by atoms with Crippen LogP contribution in [0.15, 0.2) is 46.3 Å². The van der Waals surface area contributed by atoms with Gasteiger partial charge in [0.2, 0.25) is 0 Å². The van der Waals surface area contributed by atoms with Crippen molar-refractivity contribution in [2.24, 2.45) is 0 Å². The number of nitrogens with one attached hydrogen (secondary N) is 3. The van der Waals surface area contributed by atoms with Gasteiger partial charge in [0.1, 0.15) is 0 Å². The molecule has 2 aliphatic rings. The summed E-state index contributed by atoms with van der Waals surface area (Å²) in [6.07, 6.45) is 3.42. The Morgan fingerprint density at radius 1 is 1.12 bits per heavy atom. The molecular formula is C19H21N3O2S. The Morgan fingerprint density at radius 3 is 2.52 bits per heavy atom. The molecule has 6 heteroatoms. The van der Waals surface area contributed by atoms with Gasteiger partial charge in [-0.05, 0) is 55.7 Å². The number of amides is 1. The Bertz CT molecular complexity index is 799. The molecule has 2 aliphatic heterocycles. The molecule has 5 nitrogen and oxygen atoms in total. The van der Waals surface area contributed by atoms with E-state index in [0.717, 1.165) is 22.8 Å². The van der Waals surface area contributed by atoms with Crippen LogP contribution in [0.3, 0.4) is 0 Å². The van der Waals surface area contributed by atoms with Crippen molar-refractivity contribution >= 4 is 23.5 Å². The van der Waals surface area contributed by atoms with Gasteiger partial charge in [0.05, 0.1) is 10.7 Å². The van der Waals surface area contributed by atoms with Crippen LogP contribution in [0.5, 0.6) is 0 Å². The summed E-state index contributed by atoms with van der Waals surface area (Å²) >= 11 is 1.54. The fraction of sp³-hybridized carbons (Fsp3) is 0.368. The van der Waals surface area contributed by atoms with Gasteiger partial charge >= 0.3 is 0 Å². The predicted molar refractivity (Wildman–Crippen MR) is 97.2 cm³/mol. The van der Waals surface area contributed by atoms with Gasteiger partial charge in [-0.15, -0.1) is 0 Å². The summed E-state index contributed by atoms with van der Waals surface area (Å²) in [5, 5.41) is 7.61. The van der Waals surface area contributed by atoms with Crippen molar-refractivity contribution in [2.45, 2.75) is 54.2 Å². The van der Waals surface area contributed by atoms with Crippen LogP contribution in [-0.4, -0.2) is 34.8 Å². The molecule has 0 aliphatic carbocycles. The van der Waals surface area contributed by atoms with Crippen molar-refractivity contribution in [3.05, 3.63) is 47.7 Å². The minimum absolute atomic E-state index is 0.00496. The van der Waals surface area contributed by atoms with E-state index in [-0.39, 0.29) is 17.7 Å². The number of hydrogen-bond donors (Lipinski definition) is 3. The minimum Gasteiger partial charge on any atom is -0.348 e. The molecule has 0 saturated carbocycles. The van der Waals surface area contributed by atoms with E-state index in [2.05, 4.69) is 15.6 Å². The Morgan fingerprint density at radius 2 is 1.92 bits per heavy atom. The molecule has 130 valence electrons. The Kier molecular flexibility index (Phi) is 4.39. The van der Waals surface area contributed by atoms with Crippen LogP contribution in [0.25, 0.3) is 0 Å². The van der Waals surface area contributed by atoms with E-state index in [9.17, 15) is 9.59 Å². The van der Waals surface area contributed by atoms with Crippen molar-refractivity contribution in [1.82, 2.24) is 15.6 Å². The topological polar surface area (TPSA) is 74.0 Å². The van der Waals surface area contributed by atoms with Crippen LogP contribution in [0.2, 0.25) is 0 Å². The van der Waals surface area contributed by atoms with Crippen LogP contribution in [0, 0.1) is 0 Å². The monoisotopic (exact) mass is 355 g/mol. The summed E-state index contributed by atoms with van der Waals surface area (Å²) in [6.45, 7) is 1.54. The number of H-pyrrole nitrogens is 1. The second-order valence-corrected chi connectivity index (χ2v) is 7.90. The number of rotatable bonds is 5. The number of Topliss-reactive ketones (excluding diaryl/α,β-unsaturated/α-hetero) is 1. The fourth-order valence-electron chi connectivity index (χ4n) is 3.68. The second-order valence-electron chi connectivity index (χ2n) is 6.78. The maximum Gasteiger partial charge on any atom is 0.251 e. The van der Waals surface area contributed by atoms with Gasteiger partial charge in [0.15, 0.2) is 5.78 Å². The third kappa shape index (κ3) is 3.50. The molecule has 2 fully saturated rings. The van der Waals surface area contributed by atoms with E-state index in [1.54, 1.807) is 13.0 Å². The molecule has 0 unspecified atom stereocenters. The highest BCUT2D eigenvalue weighted by molar-refractivity contribution is 7.99. The van der Waals surface area contributed by atoms with E-state index >= 15 is 0 Å². The number of fused-ring (bicyclic) bond motifs is 2. The zero-order chi connectivity index (χ0) is 17.4. The molecule has 3 atom stereocenters. The van der Waals surface area contributed by atoms with Crippen LogP contribution < -0.4 is 10.6 Å². The molecule has 2 aromatic rings. The van der Waals surface area contributed by atoms with Crippen molar-refractivity contribution in [2.75, 3.05) is 0 Å². The molecule has 25 heavy (non-hydrogen) atoms.